The third kappa shape index (κ3) is 22.7. The minimum absolute atomic E-state index is 0.125. The second kappa shape index (κ2) is 11.1. The zero-order chi connectivity index (χ0) is 11.4. The topological polar surface area (TPSA) is 107 Å². The maximum Gasteiger partial charge on any atom is 0.469 e. The first-order valence-corrected chi connectivity index (χ1v) is 5.92. The molecule has 0 aliphatic carbocycles. The Morgan fingerprint density at radius 2 is 1.64 bits per heavy atom. The fourth-order valence-electron chi connectivity index (χ4n) is 0.536. The van der Waals surface area contributed by atoms with Gasteiger partial charge in [-0.25, -0.2) is 4.57 Å². The molecule has 0 heterocycles. The zero-order valence-corrected chi connectivity index (χ0v) is 9.19. The summed E-state index contributed by atoms with van der Waals surface area (Å²) in [6.07, 6.45) is 2.67. The van der Waals surface area contributed by atoms with Crippen LogP contribution in [-0.4, -0.2) is 39.8 Å². The van der Waals surface area contributed by atoms with Gasteiger partial charge in [0.2, 0.25) is 0 Å². The SMILES string of the molecule is CCCCCOP(=O)(O)O.OCCO. The zero-order valence-electron chi connectivity index (χ0n) is 8.30. The van der Waals surface area contributed by atoms with Gasteiger partial charge in [-0.2, -0.15) is 0 Å². The molecule has 88 valence electrons. The largest absolute Gasteiger partial charge is 0.469 e. The maximum absolute atomic E-state index is 10.1. The van der Waals surface area contributed by atoms with Crippen molar-refractivity contribution in [2.75, 3.05) is 19.8 Å². The molecule has 0 aliphatic rings. The van der Waals surface area contributed by atoms with E-state index in [1.165, 1.54) is 0 Å². The monoisotopic (exact) mass is 230 g/mol. The summed E-state index contributed by atoms with van der Waals surface area (Å²) in [5.41, 5.74) is 0. The van der Waals surface area contributed by atoms with Crippen molar-refractivity contribution in [2.24, 2.45) is 0 Å². The molecule has 0 saturated carbocycles. The van der Waals surface area contributed by atoms with Crippen molar-refractivity contribution in [2.45, 2.75) is 26.2 Å². The summed E-state index contributed by atoms with van der Waals surface area (Å²) in [6.45, 7) is 1.91. The van der Waals surface area contributed by atoms with Crippen LogP contribution >= 0.6 is 7.82 Å². The van der Waals surface area contributed by atoms with Crippen LogP contribution in [0.15, 0.2) is 0 Å². The molecule has 0 rings (SSSR count). The summed E-state index contributed by atoms with van der Waals surface area (Å²) in [7, 11) is -4.21. The number of phosphoric ester groups is 1. The second-order valence-electron chi connectivity index (χ2n) is 2.48. The van der Waals surface area contributed by atoms with E-state index in [1.54, 1.807) is 0 Å². The van der Waals surface area contributed by atoms with Crippen molar-refractivity contribution in [1.82, 2.24) is 0 Å². The van der Waals surface area contributed by atoms with Crippen LogP contribution < -0.4 is 0 Å². The molecule has 4 N–H and O–H groups in total. The van der Waals surface area contributed by atoms with Crippen molar-refractivity contribution in [1.29, 1.82) is 0 Å². The molecule has 0 radical (unpaired) electrons. The molecule has 0 aliphatic heterocycles. The highest BCUT2D eigenvalue weighted by atomic mass is 31.2. The molecule has 0 aromatic heterocycles. The molecule has 0 bridgehead atoms. The van der Waals surface area contributed by atoms with Crippen molar-refractivity contribution < 1.29 is 29.1 Å². The number of unbranched alkanes of at least 4 members (excludes halogenated alkanes) is 2. The molecule has 0 unspecified atom stereocenters. The van der Waals surface area contributed by atoms with Crippen LogP contribution in [0.1, 0.15) is 26.2 Å². The van der Waals surface area contributed by atoms with Gasteiger partial charge in [0.1, 0.15) is 0 Å². The van der Waals surface area contributed by atoms with Gasteiger partial charge in [-0.15, -0.1) is 0 Å². The lowest BCUT2D eigenvalue weighted by molar-refractivity contribution is 0.186. The van der Waals surface area contributed by atoms with Gasteiger partial charge in [-0.3, -0.25) is 4.52 Å². The van der Waals surface area contributed by atoms with Gasteiger partial charge in [0, 0.05) is 0 Å². The average molecular weight is 230 g/mol. The molecular formula is C7H19O6P. The number of hydrogen-bond acceptors (Lipinski definition) is 4. The van der Waals surface area contributed by atoms with E-state index in [9.17, 15) is 4.57 Å². The smallest absolute Gasteiger partial charge is 0.394 e. The predicted molar refractivity (Wildman–Crippen MR) is 51.7 cm³/mol. The van der Waals surface area contributed by atoms with Gasteiger partial charge in [0.25, 0.3) is 0 Å². The number of hydrogen-bond donors (Lipinski definition) is 4. The van der Waals surface area contributed by atoms with Crippen molar-refractivity contribution in [3.05, 3.63) is 0 Å². The predicted octanol–water partition coefficient (Wildman–Crippen LogP) is 0.257. The molecule has 0 spiro atoms. The highest BCUT2D eigenvalue weighted by Gasteiger charge is 2.11. The average Bonchev–Trinajstić information content (AvgIpc) is 2.11. The van der Waals surface area contributed by atoms with Gasteiger partial charge in [0.15, 0.2) is 0 Å². The summed E-state index contributed by atoms with van der Waals surface area (Å²) in [5.74, 6) is 0. The number of aliphatic hydroxyl groups excluding tert-OH is 2. The third-order valence-corrected chi connectivity index (χ3v) is 1.63. The minimum atomic E-state index is -4.21. The first-order chi connectivity index (χ1) is 6.47. The van der Waals surface area contributed by atoms with Crippen LogP contribution in [0, 0.1) is 0 Å². The molecule has 14 heavy (non-hydrogen) atoms. The van der Waals surface area contributed by atoms with E-state index < -0.39 is 7.82 Å². The van der Waals surface area contributed by atoms with Crippen LogP contribution in [0.2, 0.25) is 0 Å². The van der Waals surface area contributed by atoms with Crippen molar-refractivity contribution in [3.63, 3.8) is 0 Å². The lowest BCUT2D eigenvalue weighted by atomic mass is 10.3. The van der Waals surface area contributed by atoms with Crippen molar-refractivity contribution >= 4 is 7.82 Å². The highest BCUT2D eigenvalue weighted by Crippen LogP contribution is 2.35. The Balaban J connectivity index is 0. The lowest BCUT2D eigenvalue weighted by Gasteiger charge is -2.02. The van der Waals surface area contributed by atoms with E-state index in [0.29, 0.717) is 6.42 Å². The van der Waals surface area contributed by atoms with Crippen molar-refractivity contribution in [3.8, 4) is 0 Å². The fraction of sp³-hybridized carbons (Fsp3) is 1.00. The van der Waals surface area contributed by atoms with E-state index in [0.717, 1.165) is 12.8 Å². The molecule has 0 aromatic rings. The molecule has 0 aromatic carbocycles. The van der Waals surface area contributed by atoms with E-state index in [1.807, 2.05) is 6.92 Å². The Kier molecular flexibility index (Phi) is 13.1. The van der Waals surface area contributed by atoms with Crippen LogP contribution in [0.4, 0.5) is 0 Å². The lowest BCUT2D eigenvalue weighted by Crippen LogP contribution is -1.91. The minimum Gasteiger partial charge on any atom is -0.394 e. The maximum atomic E-state index is 10.1. The number of rotatable bonds is 6. The summed E-state index contributed by atoms with van der Waals surface area (Å²) in [5, 5.41) is 15.2. The molecule has 0 amide bonds. The first kappa shape index (κ1) is 16.5. The molecule has 0 saturated heterocycles. The van der Waals surface area contributed by atoms with Crippen LogP contribution in [-0.2, 0) is 9.09 Å². The fourth-order valence-corrected chi connectivity index (χ4v) is 0.902. The summed E-state index contributed by atoms with van der Waals surface area (Å²) < 4.78 is 14.3. The Labute approximate surface area is 83.8 Å². The van der Waals surface area contributed by atoms with Gasteiger partial charge >= 0.3 is 7.82 Å². The molecule has 7 heteroatoms. The highest BCUT2D eigenvalue weighted by molar-refractivity contribution is 7.46. The van der Waals surface area contributed by atoms with Gasteiger partial charge in [-0.1, -0.05) is 19.8 Å². The van der Waals surface area contributed by atoms with Crippen LogP contribution in [0.3, 0.4) is 0 Å². The van der Waals surface area contributed by atoms with E-state index in [4.69, 9.17) is 20.0 Å². The third-order valence-electron chi connectivity index (χ3n) is 1.11. The Hall–Kier alpha value is 0.0300. The van der Waals surface area contributed by atoms with Crippen LogP contribution in [0.25, 0.3) is 0 Å². The van der Waals surface area contributed by atoms with E-state index in [-0.39, 0.29) is 19.8 Å². The van der Waals surface area contributed by atoms with Gasteiger partial charge in [-0.05, 0) is 6.42 Å². The second-order valence-corrected chi connectivity index (χ2v) is 3.72. The number of phosphoric acid groups is 1. The van der Waals surface area contributed by atoms with E-state index >= 15 is 0 Å². The van der Waals surface area contributed by atoms with Crippen LogP contribution in [0.5, 0.6) is 0 Å². The normalized spacial score (nSPS) is 10.6. The quantitative estimate of drug-likeness (QED) is 0.385. The van der Waals surface area contributed by atoms with E-state index in [2.05, 4.69) is 4.52 Å². The number of aliphatic hydroxyl groups is 2. The summed E-state index contributed by atoms with van der Waals surface area (Å²) in [6, 6.07) is 0. The molecule has 0 atom stereocenters. The molecule has 0 fully saturated rings. The molecular weight excluding hydrogens is 211 g/mol. The van der Waals surface area contributed by atoms with Gasteiger partial charge in [0.05, 0.1) is 19.8 Å². The molecule has 6 nitrogen and oxygen atoms in total. The Morgan fingerprint density at radius 3 is 1.93 bits per heavy atom. The Bertz CT molecular complexity index is 143. The standard InChI is InChI=1S/C5H13O4P.C2H6O2/c1-2-3-4-5-9-10(6,7)8;3-1-2-4/h2-5H2,1H3,(H2,6,7,8);3-4H,1-2H2. The summed E-state index contributed by atoms with van der Waals surface area (Å²) >= 11 is 0. The van der Waals surface area contributed by atoms with Gasteiger partial charge < -0.3 is 20.0 Å². The Morgan fingerprint density at radius 1 is 1.14 bits per heavy atom. The summed E-state index contributed by atoms with van der Waals surface area (Å²) in [4.78, 5) is 16.4. The first-order valence-electron chi connectivity index (χ1n) is 4.39.